The van der Waals surface area contributed by atoms with Crippen molar-refractivity contribution in [2.24, 2.45) is 0 Å². The number of hydrogen-bond donors (Lipinski definition) is 1. The fraction of sp³-hybridized carbons (Fsp3) is 0.217. The monoisotopic (exact) mass is 421 g/mol. The van der Waals surface area contributed by atoms with E-state index in [-0.39, 0.29) is 18.4 Å². The fourth-order valence-electron chi connectivity index (χ4n) is 3.57. The van der Waals surface area contributed by atoms with E-state index in [9.17, 15) is 4.79 Å². The van der Waals surface area contributed by atoms with E-state index in [4.69, 9.17) is 27.5 Å². The van der Waals surface area contributed by atoms with Gasteiger partial charge in [0, 0.05) is 22.9 Å². The van der Waals surface area contributed by atoms with Crippen LogP contribution in [0, 0.1) is 12.3 Å². The summed E-state index contributed by atoms with van der Waals surface area (Å²) >= 11 is 6.13. The zero-order valence-corrected chi connectivity index (χ0v) is 17.1. The molecule has 1 unspecified atom stereocenters. The van der Waals surface area contributed by atoms with Crippen LogP contribution in [0.5, 0.6) is 11.5 Å². The van der Waals surface area contributed by atoms with Crippen LogP contribution in [0.15, 0.2) is 48.7 Å². The maximum Gasteiger partial charge on any atom is 0.226 e. The number of terminal acetylenes is 1. The van der Waals surface area contributed by atoms with Gasteiger partial charge in [-0.25, -0.2) is 4.68 Å². The Balaban J connectivity index is 1.74. The number of nitrogens with one attached hydrogen (secondary N) is 1. The largest absolute Gasteiger partial charge is 0.490 e. The van der Waals surface area contributed by atoms with Crippen molar-refractivity contribution in [3.63, 3.8) is 0 Å². The molecule has 1 N–H and O–H groups in total. The molecule has 30 heavy (non-hydrogen) atoms. The molecule has 1 aromatic heterocycles. The summed E-state index contributed by atoms with van der Waals surface area (Å²) in [4.78, 5) is 12.5. The van der Waals surface area contributed by atoms with Gasteiger partial charge >= 0.3 is 0 Å². The van der Waals surface area contributed by atoms with Crippen LogP contribution in [0.1, 0.15) is 30.4 Å². The molecule has 3 aromatic rings. The molecular formula is C23H20ClN3O3. The third-order valence-electron chi connectivity index (χ3n) is 4.85. The summed E-state index contributed by atoms with van der Waals surface area (Å²) in [5.41, 5.74) is 2.64. The molecule has 1 aliphatic heterocycles. The van der Waals surface area contributed by atoms with Crippen LogP contribution in [0.25, 0.3) is 5.69 Å². The molecule has 4 rings (SSSR count). The van der Waals surface area contributed by atoms with Crippen molar-refractivity contribution in [3.05, 3.63) is 64.8 Å². The van der Waals surface area contributed by atoms with Gasteiger partial charge < -0.3 is 14.8 Å². The predicted molar refractivity (Wildman–Crippen MR) is 116 cm³/mol. The van der Waals surface area contributed by atoms with Gasteiger partial charge in [0.05, 0.1) is 18.5 Å². The Labute approximate surface area is 179 Å². The van der Waals surface area contributed by atoms with Gasteiger partial charge in [-0.05, 0) is 42.8 Å². The van der Waals surface area contributed by atoms with E-state index in [1.807, 2.05) is 37.3 Å². The number of carbonyl (C=O) groups is 1. The topological polar surface area (TPSA) is 65.4 Å². The molecule has 1 atom stereocenters. The molecule has 0 saturated carbocycles. The van der Waals surface area contributed by atoms with Crippen molar-refractivity contribution in [3.8, 4) is 29.5 Å². The molecule has 0 bridgehead atoms. The number of rotatable bonds is 6. The van der Waals surface area contributed by atoms with Gasteiger partial charge in [0.2, 0.25) is 5.91 Å². The van der Waals surface area contributed by atoms with Crippen molar-refractivity contribution in [1.82, 2.24) is 9.78 Å². The van der Waals surface area contributed by atoms with Gasteiger partial charge in [-0.3, -0.25) is 4.79 Å². The second-order valence-corrected chi connectivity index (χ2v) is 7.21. The van der Waals surface area contributed by atoms with Crippen LogP contribution in [0.3, 0.4) is 0 Å². The molecule has 0 saturated heterocycles. The van der Waals surface area contributed by atoms with Crippen LogP contribution in [0.2, 0.25) is 5.02 Å². The number of anilines is 1. The zero-order chi connectivity index (χ0) is 21.1. The Hall–Kier alpha value is -3.43. The number of hydrogen-bond acceptors (Lipinski definition) is 4. The normalized spacial score (nSPS) is 15.1. The third kappa shape index (κ3) is 3.85. The lowest BCUT2D eigenvalue weighted by Gasteiger charge is -2.24. The Morgan fingerprint density at radius 2 is 2.13 bits per heavy atom. The fourth-order valence-corrected chi connectivity index (χ4v) is 3.75. The van der Waals surface area contributed by atoms with Gasteiger partial charge in [-0.2, -0.15) is 5.10 Å². The first-order chi connectivity index (χ1) is 14.6. The average Bonchev–Trinajstić information content (AvgIpc) is 3.16. The smallest absolute Gasteiger partial charge is 0.226 e. The van der Waals surface area contributed by atoms with E-state index in [1.165, 1.54) is 0 Å². The Morgan fingerprint density at radius 1 is 1.27 bits per heavy atom. The quantitative estimate of drug-likeness (QED) is 0.599. The highest BCUT2D eigenvalue weighted by molar-refractivity contribution is 6.30. The first-order valence-corrected chi connectivity index (χ1v) is 9.95. The molecule has 152 valence electrons. The summed E-state index contributed by atoms with van der Waals surface area (Å²) in [6.45, 7) is 2.54. The summed E-state index contributed by atoms with van der Waals surface area (Å²) in [7, 11) is 0. The zero-order valence-electron chi connectivity index (χ0n) is 16.4. The van der Waals surface area contributed by atoms with Crippen molar-refractivity contribution >= 4 is 23.3 Å². The first-order valence-electron chi connectivity index (χ1n) is 9.57. The number of benzene rings is 2. The maximum absolute atomic E-state index is 12.5. The van der Waals surface area contributed by atoms with Crippen LogP contribution in [-0.4, -0.2) is 28.9 Å². The van der Waals surface area contributed by atoms with E-state index < -0.39 is 0 Å². The van der Waals surface area contributed by atoms with Crippen LogP contribution in [-0.2, 0) is 4.79 Å². The van der Waals surface area contributed by atoms with E-state index in [1.54, 1.807) is 23.0 Å². The second kappa shape index (κ2) is 8.52. The summed E-state index contributed by atoms with van der Waals surface area (Å²) in [6.07, 6.45) is 7.39. The highest BCUT2D eigenvalue weighted by Crippen LogP contribution is 2.41. The molecule has 1 amide bonds. The van der Waals surface area contributed by atoms with Gasteiger partial charge in [0.15, 0.2) is 11.5 Å². The van der Waals surface area contributed by atoms with Gasteiger partial charge in [-0.15, -0.1) is 6.42 Å². The molecular weight excluding hydrogens is 402 g/mol. The molecule has 0 radical (unpaired) electrons. The Morgan fingerprint density at radius 3 is 2.90 bits per heavy atom. The van der Waals surface area contributed by atoms with Crippen LogP contribution < -0.4 is 14.8 Å². The first kappa shape index (κ1) is 19.9. The SMILES string of the molecule is C#CCOc1ccc(C2CC(=O)Nc3c2cnn3-c2cccc(Cl)c2)cc1OCC. The lowest BCUT2D eigenvalue weighted by atomic mass is 9.87. The standard InChI is InChI=1S/C23H20ClN3O3/c1-3-10-30-20-9-8-15(11-21(20)29-4-2)18-13-22(28)26-23-19(18)14-25-27(23)17-7-5-6-16(24)12-17/h1,5-9,11-12,14,18H,4,10,13H2,2H3,(H,26,28). The van der Waals surface area contributed by atoms with Crippen molar-refractivity contribution in [2.45, 2.75) is 19.3 Å². The number of ether oxygens (including phenoxy) is 2. The molecule has 2 aromatic carbocycles. The highest BCUT2D eigenvalue weighted by Gasteiger charge is 2.31. The Kier molecular flexibility index (Phi) is 5.64. The molecule has 0 aliphatic carbocycles. The minimum absolute atomic E-state index is 0.0816. The minimum Gasteiger partial charge on any atom is -0.490 e. The number of amides is 1. The summed E-state index contributed by atoms with van der Waals surface area (Å²) in [6, 6.07) is 13.0. The van der Waals surface area contributed by atoms with Crippen LogP contribution >= 0.6 is 11.6 Å². The van der Waals surface area contributed by atoms with E-state index in [0.717, 1.165) is 16.8 Å². The van der Waals surface area contributed by atoms with Crippen molar-refractivity contribution in [1.29, 1.82) is 0 Å². The molecule has 0 spiro atoms. The van der Waals surface area contributed by atoms with Crippen LogP contribution in [0.4, 0.5) is 5.82 Å². The number of aromatic nitrogens is 2. The van der Waals surface area contributed by atoms with Gasteiger partial charge in [-0.1, -0.05) is 29.7 Å². The van der Waals surface area contributed by atoms with E-state index in [0.29, 0.717) is 35.4 Å². The number of fused-ring (bicyclic) bond motifs is 1. The molecule has 0 fully saturated rings. The van der Waals surface area contributed by atoms with E-state index in [2.05, 4.69) is 16.3 Å². The minimum atomic E-state index is -0.164. The maximum atomic E-state index is 12.5. The lowest BCUT2D eigenvalue weighted by Crippen LogP contribution is -2.24. The third-order valence-corrected chi connectivity index (χ3v) is 5.09. The number of carbonyl (C=O) groups excluding carboxylic acids is 1. The highest BCUT2D eigenvalue weighted by atomic mass is 35.5. The predicted octanol–water partition coefficient (Wildman–Crippen LogP) is 4.41. The molecule has 7 heteroatoms. The lowest BCUT2D eigenvalue weighted by molar-refractivity contribution is -0.116. The average molecular weight is 422 g/mol. The van der Waals surface area contributed by atoms with Gasteiger partial charge in [0.25, 0.3) is 0 Å². The number of nitrogens with zero attached hydrogens (tertiary/aromatic N) is 2. The second-order valence-electron chi connectivity index (χ2n) is 6.78. The summed E-state index contributed by atoms with van der Waals surface area (Å²) in [5, 5.41) is 8.04. The van der Waals surface area contributed by atoms with E-state index >= 15 is 0 Å². The molecule has 1 aliphatic rings. The number of halogens is 1. The Bertz CT molecular complexity index is 1130. The summed E-state index contributed by atoms with van der Waals surface area (Å²) in [5.74, 6) is 4.02. The molecule has 6 nitrogen and oxygen atoms in total. The van der Waals surface area contributed by atoms with Gasteiger partial charge in [0.1, 0.15) is 12.4 Å². The summed E-state index contributed by atoms with van der Waals surface area (Å²) < 4.78 is 13.0. The van der Waals surface area contributed by atoms with Crippen molar-refractivity contribution in [2.75, 3.05) is 18.5 Å². The van der Waals surface area contributed by atoms with Crippen molar-refractivity contribution < 1.29 is 14.3 Å². The molecule has 2 heterocycles.